The molecule has 78 valence electrons. The Kier molecular flexibility index (Phi) is 2.64. The molecule has 0 spiro atoms. The van der Waals surface area contributed by atoms with E-state index in [-0.39, 0.29) is 5.41 Å². The normalized spacial score (nSPS) is 16.8. The van der Waals surface area contributed by atoms with Crippen LogP contribution in [0.2, 0.25) is 0 Å². The number of benzene rings is 1. The Labute approximate surface area is 90.5 Å². The van der Waals surface area contributed by atoms with Crippen LogP contribution >= 0.6 is 0 Å². The van der Waals surface area contributed by atoms with Crippen molar-refractivity contribution < 1.29 is 4.74 Å². The molecule has 1 aliphatic rings. The average molecular weight is 201 g/mol. The van der Waals surface area contributed by atoms with E-state index in [0.29, 0.717) is 0 Å². The first kappa shape index (κ1) is 10.0. The van der Waals surface area contributed by atoms with Gasteiger partial charge in [-0.05, 0) is 37.0 Å². The summed E-state index contributed by atoms with van der Waals surface area (Å²) in [5.74, 6) is 0.898. The molecule has 1 aromatic rings. The van der Waals surface area contributed by atoms with Crippen LogP contribution in [0.5, 0.6) is 5.75 Å². The lowest BCUT2D eigenvalue weighted by atomic mass is 9.98. The molecule has 1 fully saturated rings. The first-order valence-electron chi connectivity index (χ1n) is 5.45. The highest BCUT2D eigenvalue weighted by molar-refractivity contribution is 5.41. The van der Waals surface area contributed by atoms with Crippen molar-refractivity contribution in [2.75, 3.05) is 6.61 Å². The van der Waals surface area contributed by atoms with Crippen LogP contribution in [0, 0.1) is 11.3 Å². The molecule has 0 heterocycles. The van der Waals surface area contributed by atoms with Gasteiger partial charge < -0.3 is 4.74 Å². The third kappa shape index (κ3) is 1.97. The largest absolute Gasteiger partial charge is 0.494 e. The fraction of sp³-hybridized carbons (Fsp3) is 0.462. The van der Waals surface area contributed by atoms with Gasteiger partial charge in [-0.15, -0.1) is 0 Å². The van der Waals surface area contributed by atoms with E-state index in [2.05, 4.69) is 13.0 Å². The van der Waals surface area contributed by atoms with E-state index in [4.69, 9.17) is 10.00 Å². The Bertz CT molecular complexity index is 371. The lowest BCUT2D eigenvalue weighted by molar-refractivity contribution is 0.317. The smallest absolute Gasteiger partial charge is 0.119 e. The summed E-state index contributed by atoms with van der Waals surface area (Å²) in [5.41, 5.74) is 0.956. The van der Waals surface area contributed by atoms with Crippen molar-refractivity contribution in [2.45, 2.75) is 31.6 Å². The van der Waals surface area contributed by atoms with Crippen LogP contribution in [-0.2, 0) is 5.41 Å². The van der Waals surface area contributed by atoms with Gasteiger partial charge in [-0.2, -0.15) is 5.26 Å². The van der Waals surface area contributed by atoms with Gasteiger partial charge in [0.25, 0.3) is 0 Å². The van der Waals surface area contributed by atoms with Crippen molar-refractivity contribution in [3.63, 3.8) is 0 Å². The molecule has 2 nitrogen and oxygen atoms in total. The van der Waals surface area contributed by atoms with E-state index in [1.54, 1.807) is 0 Å². The third-order valence-corrected chi connectivity index (χ3v) is 2.84. The lowest BCUT2D eigenvalue weighted by Gasteiger charge is -2.08. The van der Waals surface area contributed by atoms with Crippen LogP contribution in [-0.4, -0.2) is 6.61 Å². The SMILES string of the molecule is CCCOc1ccc(C2(C#N)CC2)cc1. The summed E-state index contributed by atoms with van der Waals surface area (Å²) in [6, 6.07) is 10.3. The molecule has 1 aliphatic carbocycles. The van der Waals surface area contributed by atoms with Crippen LogP contribution < -0.4 is 4.74 Å². The molecule has 0 N–H and O–H groups in total. The molecule has 0 bridgehead atoms. The monoisotopic (exact) mass is 201 g/mol. The molecule has 2 rings (SSSR count). The molecule has 0 unspecified atom stereocenters. The zero-order valence-corrected chi connectivity index (χ0v) is 8.99. The highest BCUT2D eigenvalue weighted by atomic mass is 16.5. The van der Waals surface area contributed by atoms with Crippen molar-refractivity contribution in [2.24, 2.45) is 0 Å². The second-order valence-electron chi connectivity index (χ2n) is 4.07. The topological polar surface area (TPSA) is 33.0 Å². The Morgan fingerprint density at radius 1 is 1.33 bits per heavy atom. The van der Waals surface area contributed by atoms with Gasteiger partial charge in [0.15, 0.2) is 0 Å². The molecule has 0 amide bonds. The first-order valence-corrected chi connectivity index (χ1v) is 5.45. The number of nitriles is 1. The molecule has 2 heteroatoms. The Balaban J connectivity index is 2.08. The lowest BCUT2D eigenvalue weighted by Crippen LogP contribution is -2.02. The predicted octanol–water partition coefficient (Wildman–Crippen LogP) is 3.03. The highest BCUT2D eigenvalue weighted by Gasteiger charge is 2.44. The van der Waals surface area contributed by atoms with E-state index in [0.717, 1.165) is 37.2 Å². The summed E-state index contributed by atoms with van der Waals surface area (Å²) in [6.07, 6.45) is 3.02. The minimum Gasteiger partial charge on any atom is -0.494 e. The van der Waals surface area contributed by atoms with Gasteiger partial charge in [0.1, 0.15) is 5.75 Å². The second-order valence-corrected chi connectivity index (χ2v) is 4.07. The maximum atomic E-state index is 9.04. The second kappa shape index (κ2) is 3.94. The van der Waals surface area contributed by atoms with E-state index < -0.39 is 0 Å². The first-order chi connectivity index (χ1) is 7.30. The van der Waals surface area contributed by atoms with Crippen molar-refractivity contribution in [1.82, 2.24) is 0 Å². The van der Waals surface area contributed by atoms with Crippen molar-refractivity contribution in [3.8, 4) is 11.8 Å². The molecule has 0 radical (unpaired) electrons. The number of ether oxygens (including phenoxy) is 1. The van der Waals surface area contributed by atoms with Crippen LogP contribution in [0.25, 0.3) is 0 Å². The van der Waals surface area contributed by atoms with Gasteiger partial charge in [-0.1, -0.05) is 19.1 Å². The van der Waals surface area contributed by atoms with Gasteiger partial charge >= 0.3 is 0 Å². The molecule has 0 atom stereocenters. The van der Waals surface area contributed by atoms with Crippen LogP contribution in [0.15, 0.2) is 24.3 Å². The fourth-order valence-electron chi connectivity index (χ4n) is 1.68. The number of hydrogen-bond donors (Lipinski definition) is 0. The molecular weight excluding hydrogens is 186 g/mol. The molecule has 1 aromatic carbocycles. The molecule has 0 saturated heterocycles. The van der Waals surface area contributed by atoms with Gasteiger partial charge in [0, 0.05) is 0 Å². The van der Waals surface area contributed by atoms with E-state index in [9.17, 15) is 0 Å². The summed E-state index contributed by atoms with van der Waals surface area (Å²) in [5, 5.41) is 9.04. The molecule has 1 saturated carbocycles. The Morgan fingerprint density at radius 3 is 2.47 bits per heavy atom. The molecule has 0 aliphatic heterocycles. The third-order valence-electron chi connectivity index (χ3n) is 2.84. The fourth-order valence-corrected chi connectivity index (χ4v) is 1.68. The summed E-state index contributed by atoms with van der Waals surface area (Å²) in [6.45, 7) is 2.84. The number of rotatable bonds is 4. The highest BCUT2D eigenvalue weighted by Crippen LogP contribution is 2.47. The summed E-state index contributed by atoms with van der Waals surface area (Å²) < 4.78 is 5.49. The van der Waals surface area contributed by atoms with Crippen molar-refractivity contribution >= 4 is 0 Å². The standard InChI is InChI=1S/C13H15NO/c1-2-9-15-12-5-3-11(4-6-12)13(10-14)7-8-13/h3-6H,2,7-9H2,1H3. The van der Waals surface area contributed by atoms with E-state index in [1.165, 1.54) is 0 Å². The van der Waals surface area contributed by atoms with Gasteiger partial charge in [0.2, 0.25) is 0 Å². The quantitative estimate of drug-likeness (QED) is 0.750. The predicted molar refractivity (Wildman–Crippen MR) is 58.8 cm³/mol. The van der Waals surface area contributed by atoms with E-state index in [1.807, 2.05) is 24.3 Å². The molecule has 0 aromatic heterocycles. The zero-order chi connectivity index (χ0) is 10.7. The van der Waals surface area contributed by atoms with Gasteiger partial charge in [-0.3, -0.25) is 0 Å². The Hall–Kier alpha value is -1.49. The minimum atomic E-state index is -0.177. The van der Waals surface area contributed by atoms with Crippen LogP contribution in [0.4, 0.5) is 0 Å². The van der Waals surface area contributed by atoms with Crippen LogP contribution in [0.3, 0.4) is 0 Å². The van der Waals surface area contributed by atoms with Gasteiger partial charge in [0.05, 0.1) is 18.1 Å². The van der Waals surface area contributed by atoms with E-state index >= 15 is 0 Å². The summed E-state index contributed by atoms with van der Waals surface area (Å²) in [4.78, 5) is 0. The molecular formula is C13H15NO. The maximum absolute atomic E-state index is 9.04. The zero-order valence-electron chi connectivity index (χ0n) is 8.99. The maximum Gasteiger partial charge on any atom is 0.119 e. The minimum absolute atomic E-state index is 0.177. The molecule has 15 heavy (non-hydrogen) atoms. The van der Waals surface area contributed by atoms with Gasteiger partial charge in [-0.25, -0.2) is 0 Å². The number of hydrogen-bond acceptors (Lipinski definition) is 2. The van der Waals surface area contributed by atoms with Crippen LogP contribution in [0.1, 0.15) is 31.7 Å². The van der Waals surface area contributed by atoms with Crippen molar-refractivity contribution in [3.05, 3.63) is 29.8 Å². The number of nitrogens with zero attached hydrogens (tertiary/aromatic N) is 1. The summed E-state index contributed by atoms with van der Waals surface area (Å²) >= 11 is 0. The average Bonchev–Trinajstić information content (AvgIpc) is 3.08. The Morgan fingerprint density at radius 2 is 2.00 bits per heavy atom. The van der Waals surface area contributed by atoms with Crippen molar-refractivity contribution in [1.29, 1.82) is 5.26 Å². The summed E-state index contributed by atoms with van der Waals surface area (Å²) in [7, 11) is 0.